The lowest BCUT2D eigenvalue weighted by Crippen LogP contribution is -2.23. The maximum Gasteiger partial charge on any atom is 0.259 e. The molecule has 140 valence electrons. The Bertz CT molecular complexity index is 914. The fourth-order valence-electron chi connectivity index (χ4n) is 2.03. The van der Waals surface area contributed by atoms with Crippen LogP contribution in [0.4, 0.5) is 8.78 Å². The molecule has 0 aliphatic carbocycles. The molecule has 0 atom stereocenters. The van der Waals surface area contributed by atoms with Crippen LogP contribution in [0.1, 0.15) is 10.4 Å². The molecule has 0 aliphatic rings. The van der Waals surface area contributed by atoms with Crippen LogP contribution in [0.3, 0.4) is 0 Å². The van der Waals surface area contributed by atoms with Crippen LogP contribution in [-0.4, -0.2) is 19.2 Å². The van der Waals surface area contributed by atoms with Crippen LogP contribution in [0.2, 0.25) is 5.02 Å². The fraction of sp³-hybridized carbons (Fsp3) is 0.0526. The standard InChI is InChI=1S/C19H15ClF2N2O3/c1-23-8-6-14(7-9-25)24-19(26)15-4-2-12(20)10-18(15)27-17-5-3-13(21)11-16(17)22/h2-11,23H,1H3,(H,24,26)/b8-6-,14-7+. The maximum absolute atomic E-state index is 13.9. The summed E-state index contributed by atoms with van der Waals surface area (Å²) >= 11 is 5.93. The van der Waals surface area contributed by atoms with Crippen LogP contribution in [0, 0.1) is 11.6 Å². The molecule has 5 nitrogen and oxygen atoms in total. The van der Waals surface area contributed by atoms with E-state index >= 15 is 0 Å². The third kappa shape index (κ3) is 5.65. The summed E-state index contributed by atoms with van der Waals surface area (Å²) < 4.78 is 32.3. The smallest absolute Gasteiger partial charge is 0.259 e. The molecule has 0 aliphatic heterocycles. The monoisotopic (exact) mass is 392 g/mol. The number of carbonyl (C=O) groups is 2. The third-order valence-corrected chi connectivity index (χ3v) is 3.47. The van der Waals surface area contributed by atoms with Gasteiger partial charge in [0.1, 0.15) is 17.9 Å². The molecule has 2 rings (SSSR count). The van der Waals surface area contributed by atoms with Crippen molar-refractivity contribution in [3.8, 4) is 11.5 Å². The molecule has 8 heteroatoms. The summed E-state index contributed by atoms with van der Waals surface area (Å²) in [5, 5.41) is 5.51. The number of carbonyl (C=O) groups excluding carboxylic acids is 2. The van der Waals surface area contributed by atoms with E-state index in [-0.39, 0.29) is 27.8 Å². The highest BCUT2D eigenvalue weighted by Gasteiger charge is 2.16. The van der Waals surface area contributed by atoms with E-state index in [0.29, 0.717) is 12.4 Å². The Balaban J connectivity index is 2.34. The number of aldehydes is 1. The van der Waals surface area contributed by atoms with Gasteiger partial charge in [-0.3, -0.25) is 9.59 Å². The van der Waals surface area contributed by atoms with Crippen molar-refractivity contribution in [3.63, 3.8) is 0 Å². The summed E-state index contributed by atoms with van der Waals surface area (Å²) in [5.74, 6) is -2.61. The predicted molar refractivity (Wildman–Crippen MR) is 97.7 cm³/mol. The van der Waals surface area contributed by atoms with Gasteiger partial charge in [0.15, 0.2) is 11.6 Å². The highest BCUT2D eigenvalue weighted by Crippen LogP contribution is 2.30. The van der Waals surface area contributed by atoms with E-state index in [4.69, 9.17) is 16.3 Å². The summed E-state index contributed by atoms with van der Waals surface area (Å²) in [7, 11) is 1.65. The van der Waals surface area contributed by atoms with Gasteiger partial charge in [-0.1, -0.05) is 11.6 Å². The van der Waals surface area contributed by atoms with Gasteiger partial charge in [0.05, 0.1) is 5.56 Å². The molecule has 2 N–H and O–H groups in total. The molecule has 0 saturated heterocycles. The van der Waals surface area contributed by atoms with Crippen LogP contribution in [0.25, 0.3) is 0 Å². The van der Waals surface area contributed by atoms with E-state index < -0.39 is 17.5 Å². The Morgan fingerprint density at radius 2 is 1.93 bits per heavy atom. The molecule has 0 spiro atoms. The van der Waals surface area contributed by atoms with Gasteiger partial charge in [-0.05, 0) is 36.5 Å². The van der Waals surface area contributed by atoms with Crippen LogP contribution in [0.15, 0.2) is 60.4 Å². The van der Waals surface area contributed by atoms with E-state index in [9.17, 15) is 18.4 Å². The van der Waals surface area contributed by atoms with Gasteiger partial charge in [0.25, 0.3) is 5.91 Å². The normalized spacial score (nSPS) is 11.3. The fourth-order valence-corrected chi connectivity index (χ4v) is 2.19. The Morgan fingerprint density at radius 3 is 2.59 bits per heavy atom. The molecule has 0 bridgehead atoms. The minimum atomic E-state index is -0.931. The number of nitrogens with one attached hydrogen (secondary N) is 2. The average Bonchev–Trinajstić information content (AvgIpc) is 2.62. The lowest BCUT2D eigenvalue weighted by Gasteiger charge is -2.13. The van der Waals surface area contributed by atoms with Gasteiger partial charge < -0.3 is 15.4 Å². The first kappa shape index (κ1) is 20.1. The summed E-state index contributed by atoms with van der Waals surface area (Å²) in [6.45, 7) is 0. The first-order valence-corrected chi connectivity index (χ1v) is 8.05. The molecule has 0 heterocycles. The average molecular weight is 393 g/mol. The van der Waals surface area contributed by atoms with E-state index in [1.807, 2.05) is 0 Å². The van der Waals surface area contributed by atoms with Gasteiger partial charge >= 0.3 is 0 Å². The van der Waals surface area contributed by atoms with Crippen molar-refractivity contribution in [2.45, 2.75) is 0 Å². The number of amides is 1. The number of allylic oxidation sites excluding steroid dienone is 2. The van der Waals surface area contributed by atoms with Gasteiger partial charge in [-0.15, -0.1) is 0 Å². The second kappa shape index (κ2) is 9.49. The largest absolute Gasteiger partial charge is 0.453 e. The molecule has 2 aromatic carbocycles. The van der Waals surface area contributed by atoms with E-state index in [1.54, 1.807) is 7.05 Å². The zero-order valence-corrected chi connectivity index (χ0v) is 14.9. The molecule has 1 amide bonds. The van der Waals surface area contributed by atoms with Gasteiger partial charge in [-0.25, -0.2) is 8.78 Å². The zero-order valence-electron chi connectivity index (χ0n) is 14.1. The first-order chi connectivity index (χ1) is 12.9. The number of halogens is 3. The summed E-state index contributed by atoms with van der Waals surface area (Å²) in [5.41, 5.74) is 0.260. The molecule has 0 unspecified atom stereocenters. The molecule has 0 fully saturated rings. The Hall–Kier alpha value is -3.19. The minimum Gasteiger partial charge on any atom is -0.453 e. The number of ether oxygens (including phenoxy) is 1. The van der Waals surface area contributed by atoms with Crippen molar-refractivity contribution in [2.75, 3.05) is 7.05 Å². The summed E-state index contributed by atoms with van der Waals surface area (Å²) in [6, 6.07) is 6.95. The molecule has 27 heavy (non-hydrogen) atoms. The van der Waals surface area contributed by atoms with Crippen molar-refractivity contribution in [2.24, 2.45) is 0 Å². The number of hydrogen-bond donors (Lipinski definition) is 2. The molecule has 0 aromatic heterocycles. The minimum absolute atomic E-state index is 0.0337. The van der Waals surface area contributed by atoms with E-state index in [1.165, 1.54) is 30.5 Å². The van der Waals surface area contributed by atoms with Crippen LogP contribution >= 0.6 is 11.6 Å². The van der Waals surface area contributed by atoms with Crippen molar-refractivity contribution in [1.29, 1.82) is 0 Å². The maximum atomic E-state index is 13.9. The second-order valence-electron chi connectivity index (χ2n) is 5.15. The van der Waals surface area contributed by atoms with Crippen molar-refractivity contribution < 1.29 is 23.1 Å². The lowest BCUT2D eigenvalue weighted by atomic mass is 10.1. The topological polar surface area (TPSA) is 67.4 Å². The predicted octanol–water partition coefficient (Wildman–Crippen LogP) is 3.96. The highest BCUT2D eigenvalue weighted by molar-refractivity contribution is 6.30. The third-order valence-electron chi connectivity index (χ3n) is 3.24. The van der Waals surface area contributed by atoms with Crippen molar-refractivity contribution in [3.05, 3.63) is 82.7 Å². The molecular weight excluding hydrogens is 378 g/mol. The molecule has 0 saturated carbocycles. The number of hydrogen-bond acceptors (Lipinski definition) is 4. The number of benzene rings is 2. The van der Waals surface area contributed by atoms with Crippen LogP contribution in [0.5, 0.6) is 11.5 Å². The quantitative estimate of drug-likeness (QED) is 0.425. The van der Waals surface area contributed by atoms with Crippen LogP contribution in [-0.2, 0) is 4.79 Å². The summed E-state index contributed by atoms with van der Waals surface area (Å²) in [4.78, 5) is 23.3. The van der Waals surface area contributed by atoms with Crippen LogP contribution < -0.4 is 15.4 Å². The lowest BCUT2D eigenvalue weighted by molar-refractivity contribution is -0.104. The second-order valence-corrected chi connectivity index (χ2v) is 5.59. The van der Waals surface area contributed by atoms with Gasteiger partial charge in [-0.2, -0.15) is 0 Å². The number of rotatable bonds is 7. The zero-order chi connectivity index (χ0) is 19.8. The Morgan fingerprint density at radius 1 is 1.15 bits per heavy atom. The SMILES string of the molecule is CN/C=C\C(=C/C=O)NC(=O)c1ccc(Cl)cc1Oc1ccc(F)cc1F. The van der Waals surface area contributed by atoms with E-state index in [2.05, 4.69) is 10.6 Å². The van der Waals surface area contributed by atoms with E-state index in [0.717, 1.165) is 18.2 Å². The van der Waals surface area contributed by atoms with Gasteiger partial charge in [0, 0.05) is 36.0 Å². The van der Waals surface area contributed by atoms with Gasteiger partial charge in [0.2, 0.25) is 0 Å². The summed E-state index contributed by atoms with van der Waals surface area (Å²) in [6.07, 6.45) is 4.66. The first-order valence-electron chi connectivity index (χ1n) is 7.67. The molecular formula is C19H15ClF2N2O3. The van der Waals surface area contributed by atoms with Crippen molar-refractivity contribution in [1.82, 2.24) is 10.6 Å². The Kier molecular flexibility index (Phi) is 7.08. The molecule has 0 radical (unpaired) electrons. The Labute approximate surface area is 159 Å². The van der Waals surface area contributed by atoms with Crippen molar-refractivity contribution >= 4 is 23.8 Å². The highest BCUT2D eigenvalue weighted by atomic mass is 35.5. The molecule has 2 aromatic rings.